The molecule has 0 fully saturated rings. The van der Waals surface area contributed by atoms with E-state index in [1.165, 1.54) is 16.0 Å². The Bertz CT molecular complexity index is 539. The molecule has 0 radical (unpaired) electrons. The molecule has 1 nitrogen and oxygen atoms in total. The second-order valence-corrected chi connectivity index (χ2v) is 6.03. The molecule has 0 amide bonds. The average Bonchev–Trinajstić information content (AvgIpc) is 2.47. The van der Waals surface area contributed by atoms with Crippen LogP contribution >= 0.6 is 23.4 Å². The minimum atomic E-state index is 0.328. The van der Waals surface area contributed by atoms with E-state index in [4.69, 9.17) is 11.6 Å². The zero-order chi connectivity index (χ0) is 14.4. The van der Waals surface area contributed by atoms with Crippen molar-refractivity contribution in [3.8, 4) is 0 Å². The molecule has 2 rings (SSSR count). The Kier molecular flexibility index (Phi) is 5.96. The van der Waals surface area contributed by atoms with Crippen molar-refractivity contribution in [3.05, 3.63) is 64.7 Å². The third-order valence-electron chi connectivity index (χ3n) is 3.30. The number of likely N-dealkylation sites (N-methyl/N-ethyl adjacent to an activating group) is 1. The zero-order valence-corrected chi connectivity index (χ0v) is 13.5. The highest BCUT2D eigenvalue weighted by Crippen LogP contribution is 2.23. The van der Waals surface area contributed by atoms with Crippen LogP contribution in [0.2, 0.25) is 5.02 Å². The zero-order valence-electron chi connectivity index (χ0n) is 11.9. The molecule has 0 aliphatic heterocycles. The van der Waals surface area contributed by atoms with Gasteiger partial charge in [0, 0.05) is 16.0 Å². The summed E-state index contributed by atoms with van der Waals surface area (Å²) in [6.07, 6.45) is 3.05. The van der Waals surface area contributed by atoms with Crippen LogP contribution in [0.3, 0.4) is 0 Å². The SMILES string of the molecule is CCNC(Cc1cccc(Cl)c1)c1ccc(SC)cc1. The smallest absolute Gasteiger partial charge is 0.0408 e. The molecule has 1 N–H and O–H groups in total. The van der Waals surface area contributed by atoms with Crippen molar-refractivity contribution in [2.75, 3.05) is 12.8 Å². The van der Waals surface area contributed by atoms with E-state index in [0.29, 0.717) is 6.04 Å². The monoisotopic (exact) mass is 305 g/mol. The van der Waals surface area contributed by atoms with Crippen LogP contribution in [0.25, 0.3) is 0 Å². The van der Waals surface area contributed by atoms with Gasteiger partial charge in [0.05, 0.1) is 0 Å². The molecule has 0 spiro atoms. The topological polar surface area (TPSA) is 12.0 Å². The Labute approximate surface area is 130 Å². The molecule has 0 aliphatic rings. The lowest BCUT2D eigenvalue weighted by Crippen LogP contribution is -2.22. The quantitative estimate of drug-likeness (QED) is 0.757. The summed E-state index contributed by atoms with van der Waals surface area (Å²) in [7, 11) is 0. The van der Waals surface area contributed by atoms with E-state index >= 15 is 0 Å². The van der Waals surface area contributed by atoms with Crippen molar-refractivity contribution in [1.29, 1.82) is 0 Å². The van der Waals surface area contributed by atoms with Crippen LogP contribution in [-0.4, -0.2) is 12.8 Å². The molecule has 0 aromatic heterocycles. The first-order valence-electron chi connectivity index (χ1n) is 6.84. The van der Waals surface area contributed by atoms with Gasteiger partial charge in [-0.3, -0.25) is 0 Å². The number of hydrogen-bond donors (Lipinski definition) is 1. The van der Waals surface area contributed by atoms with Gasteiger partial charge in [0.2, 0.25) is 0 Å². The highest BCUT2D eigenvalue weighted by molar-refractivity contribution is 7.98. The number of benzene rings is 2. The van der Waals surface area contributed by atoms with E-state index in [1.807, 2.05) is 18.2 Å². The summed E-state index contributed by atoms with van der Waals surface area (Å²) in [4.78, 5) is 1.30. The molecular weight excluding hydrogens is 286 g/mol. The fourth-order valence-corrected chi connectivity index (χ4v) is 2.91. The van der Waals surface area contributed by atoms with E-state index in [1.54, 1.807) is 11.8 Å². The number of nitrogens with one attached hydrogen (secondary N) is 1. The van der Waals surface area contributed by atoms with E-state index in [2.05, 4.69) is 48.8 Å². The van der Waals surface area contributed by atoms with E-state index in [-0.39, 0.29) is 0 Å². The number of hydrogen-bond acceptors (Lipinski definition) is 2. The normalized spacial score (nSPS) is 12.3. The number of rotatable bonds is 6. The van der Waals surface area contributed by atoms with Gasteiger partial charge < -0.3 is 5.32 Å². The van der Waals surface area contributed by atoms with Crippen molar-refractivity contribution in [3.63, 3.8) is 0 Å². The summed E-state index contributed by atoms with van der Waals surface area (Å²) in [6, 6.07) is 17.2. The molecule has 0 heterocycles. The fourth-order valence-electron chi connectivity index (χ4n) is 2.29. The molecule has 106 valence electrons. The van der Waals surface area contributed by atoms with E-state index in [0.717, 1.165) is 18.0 Å². The molecule has 0 bridgehead atoms. The minimum Gasteiger partial charge on any atom is -0.310 e. The van der Waals surface area contributed by atoms with Gasteiger partial charge in [-0.2, -0.15) is 0 Å². The molecular formula is C17H20ClNS. The second kappa shape index (κ2) is 7.72. The molecule has 2 aromatic carbocycles. The lowest BCUT2D eigenvalue weighted by molar-refractivity contribution is 0.549. The highest BCUT2D eigenvalue weighted by Gasteiger charge is 2.11. The third-order valence-corrected chi connectivity index (χ3v) is 4.28. The lowest BCUT2D eigenvalue weighted by Gasteiger charge is -2.19. The second-order valence-electron chi connectivity index (χ2n) is 4.72. The summed E-state index contributed by atoms with van der Waals surface area (Å²) >= 11 is 7.84. The van der Waals surface area contributed by atoms with E-state index in [9.17, 15) is 0 Å². The van der Waals surface area contributed by atoms with Crippen LogP contribution in [0.15, 0.2) is 53.4 Å². The van der Waals surface area contributed by atoms with Crippen LogP contribution < -0.4 is 5.32 Å². The first-order valence-corrected chi connectivity index (χ1v) is 8.45. The first kappa shape index (κ1) is 15.4. The first-order chi connectivity index (χ1) is 9.72. The Morgan fingerprint density at radius 3 is 2.50 bits per heavy atom. The van der Waals surface area contributed by atoms with Crippen molar-refractivity contribution in [2.24, 2.45) is 0 Å². The van der Waals surface area contributed by atoms with Gasteiger partial charge in [-0.15, -0.1) is 11.8 Å². The van der Waals surface area contributed by atoms with Crippen molar-refractivity contribution in [2.45, 2.75) is 24.3 Å². The minimum absolute atomic E-state index is 0.328. The summed E-state index contributed by atoms with van der Waals surface area (Å²) in [6.45, 7) is 3.09. The Morgan fingerprint density at radius 2 is 1.90 bits per heavy atom. The van der Waals surface area contributed by atoms with E-state index < -0.39 is 0 Å². The van der Waals surface area contributed by atoms with Gasteiger partial charge in [-0.25, -0.2) is 0 Å². The molecule has 1 atom stereocenters. The number of thioether (sulfide) groups is 1. The highest BCUT2D eigenvalue weighted by atomic mass is 35.5. The van der Waals surface area contributed by atoms with Gasteiger partial charge in [0.15, 0.2) is 0 Å². The van der Waals surface area contributed by atoms with Crippen LogP contribution in [0.4, 0.5) is 0 Å². The lowest BCUT2D eigenvalue weighted by atomic mass is 9.99. The Balaban J connectivity index is 2.17. The molecule has 0 saturated heterocycles. The third kappa shape index (κ3) is 4.27. The predicted molar refractivity (Wildman–Crippen MR) is 89.8 cm³/mol. The van der Waals surface area contributed by atoms with Gasteiger partial charge in [-0.1, -0.05) is 42.8 Å². The van der Waals surface area contributed by atoms with Crippen LogP contribution in [0.1, 0.15) is 24.1 Å². The van der Waals surface area contributed by atoms with Crippen molar-refractivity contribution >= 4 is 23.4 Å². The molecule has 2 aromatic rings. The van der Waals surface area contributed by atoms with Crippen molar-refractivity contribution < 1.29 is 0 Å². The standard InChI is InChI=1S/C17H20ClNS/c1-3-19-17(12-13-5-4-6-15(18)11-13)14-7-9-16(20-2)10-8-14/h4-11,17,19H,3,12H2,1-2H3. The van der Waals surface area contributed by atoms with Crippen LogP contribution in [0.5, 0.6) is 0 Å². The number of halogens is 1. The summed E-state index contributed by atoms with van der Waals surface area (Å²) in [5.41, 5.74) is 2.59. The van der Waals surface area contributed by atoms with Gasteiger partial charge in [0.25, 0.3) is 0 Å². The molecule has 1 unspecified atom stereocenters. The maximum Gasteiger partial charge on any atom is 0.0408 e. The van der Waals surface area contributed by atoms with Gasteiger partial charge in [0.1, 0.15) is 0 Å². The van der Waals surface area contributed by atoms with Crippen LogP contribution in [0, 0.1) is 0 Å². The molecule has 0 saturated carbocycles. The summed E-state index contributed by atoms with van der Waals surface area (Å²) in [5.74, 6) is 0. The van der Waals surface area contributed by atoms with Gasteiger partial charge in [-0.05, 0) is 54.6 Å². The Hall–Kier alpha value is -0.960. The molecule has 0 aliphatic carbocycles. The molecule has 3 heteroatoms. The van der Waals surface area contributed by atoms with Gasteiger partial charge >= 0.3 is 0 Å². The summed E-state index contributed by atoms with van der Waals surface area (Å²) < 4.78 is 0. The average molecular weight is 306 g/mol. The predicted octanol–water partition coefficient (Wildman–Crippen LogP) is 4.96. The van der Waals surface area contributed by atoms with Crippen LogP contribution in [-0.2, 0) is 6.42 Å². The van der Waals surface area contributed by atoms with Crippen molar-refractivity contribution in [1.82, 2.24) is 5.32 Å². The Morgan fingerprint density at radius 1 is 1.15 bits per heavy atom. The maximum absolute atomic E-state index is 6.07. The fraction of sp³-hybridized carbons (Fsp3) is 0.294. The largest absolute Gasteiger partial charge is 0.310 e. The summed E-state index contributed by atoms with van der Waals surface area (Å²) in [5, 5.41) is 4.36. The maximum atomic E-state index is 6.07. The molecule has 20 heavy (non-hydrogen) atoms.